The molecule has 2 aromatic rings. The van der Waals surface area contributed by atoms with Gasteiger partial charge in [-0.1, -0.05) is 12.1 Å². The molecule has 0 radical (unpaired) electrons. The van der Waals surface area contributed by atoms with Crippen LogP contribution in [0.25, 0.3) is 11.3 Å². The van der Waals surface area contributed by atoms with Crippen LogP contribution in [-0.2, 0) is 0 Å². The fraction of sp³-hybridized carbons (Fsp3) is 0.100. The normalized spacial score (nSPS) is 11.7. The van der Waals surface area contributed by atoms with Crippen molar-refractivity contribution in [3.63, 3.8) is 0 Å². The summed E-state index contributed by atoms with van der Waals surface area (Å²) in [6.07, 6.45) is 1.42. The van der Waals surface area contributed by atoms with Crippen molar-refractivity contribution in [1.82, 2.24) is 4.98 Å². The van der Waals surface area contributed by atoms with Crippen LogP contribution < -0.4 is 5.73 Å². The SMILES string of the molecule is Nc1ncc(-c2ccc(SC(F)(F)F)cc2)o1. The smallest absolute Gasteiger partial charge is 0.424 e. The molecular weight excluding hydrogens is 253 g/mol. The Morgan fingerprint density at radius 2 is 1.82 bits per heavy atom. The number of halogens is 3. The van der Waals surface area contributed by atoms with E-state index in [-0.39, 0.29) is 22.7 Å². The molecule has 0 atom stereocenters. The number of aromatic nitrogens is 1. The molecule has 90 valence electrons. The van der Waals surface area contributed by atoms with Gasteiger partial charge < -0.3 is 10.2 Å². The summed E-state index contributed by atoms with van der Waals surface area (Å²) in [6, 6.07) is 5.80. The van der Waals surface area contributed by atoms with Gasteiger partial charge in [0.1, 0.15) is 0 Å². The van der Waals surface area contributed by atoms with Crippen LogP contribution in [0, 0.1) is 0 Å². The van der Waals surface area contributed by atoms with Gasteiger partial charge in [0.25, 0.3) is 6.01 Å². The Balaban J connectivity index is 2.19. The van der Waals surface area contributed by atoms with E-state index < -0.39 is 5.51 Å². The first kappa shape index (κ1) is 11.8. The van der Waals surface area contributed by atoms with E-state index >= 15 is 0 Å². The van der Waals surface area contributed by atoms with Crippen molar-refractivity contribution in [1.29, 1.82) is 0 Å². The number of alkyl halides is 3. The lowest BCUT2D eigenvalue weighted by atomic mass is 10.2. The van der Waals surface area contributed by atoms with Crippen molar-refractivity contribution in [3.05, 3.63) is 30.5 Å². The molecule has 0 spiro atoms. The lowest BCUT2D eigenvalue weighted by Gasteiger charge is -2.05. The number of nitrogen functional groups attached to an aromatic ring is 1. The van der Waals surface area contributed by atoms with E-state index in [0.717, 1.165) is 0 Å². The fourth-order valence-electron chi connectivity index (χ4n) is 1.24. The Labute approximate surface area is 98.8 Å². The van der Waals surface area contributed by atoms with Crippen molar-refractivity contribution >= 4 is 17.8 Å². The Morgan fingerprint density at radius 3 is 2.29 bits per heavy atom. The first-order valence-electron chi connectivity index (χ1n) is 4.51. The zero-order valence-corrected chi connectivity index (χ0v) is 9.18. The molecule has 0 unspecified atom stereocenters. The van der Waals surface area contributed by atoms with Crippen molar-refractivity contribution in [2.24, 2.45) is 0 Å². The highest BCUT2D eigenvalue weighted by Crippen LogP contribution is 2.37. The van der Waals surface area contributed by atoms with Crippen molar-refractivity contribution in [3.8, 4) is 11.3 Å². The van der Waals surface area contributed by atoms with Gasteiger partial charge in [-0.05, 0) is 23.9 Å². The van der Waals surface area contributed by atoms with Crippen molar-refractivity contribution < 1.29 is 17.6 Å². The molecule has 0 bridgehead atoms. The molecule has 0 aliphatic heterocycles. The summed E-state index contributed by atoms with van der Waals surface area (Å²) in [6.45, 7) is 0. The molecule has 0 saturated heterocycles. The third kappa shape index (κ3) is 3.16. The number of rotatable bonds is 2. The van der Waals surface area contributed by atoms with Gasteiger partial charge in [-0.15, -0.1) is 0 Å². The maximum absolute atomic E-state index is 12.1. The van der Waals surface area contributed by atoms with E-state index in [1.807, 2.05) is 0 Å². The second-order valence-corrected chi connectivity index (χ2v) is 4.27. The van der Waals surface area contributed by atoms with Crippen LogP contribution in [0.15, 0.2) is 39.8 Å². The van der Waals surface area contributed by atoms with E-state index in [4.69, 9.17) is 10.2 Å². The maximum Gasteiger partial charge on any atom is 0.446 e. The quantitative estimate of drug-likeness (QED) is 0.839. The highest BCUT2D eigenvalue weighted by atomic mass is 32.2. The van der Waals surface area contributed by atoms with Crippen LogP contribution in [-0.4, -0.2) is 10.5 Å². The lowest BCUT2D eigenvalue weighted by Crippen LogP contribution is -1.98. The molecule has 7 heteroatoms. The minimum Gasteiger partial charge on any atom is -0.424 e. The van der Waals surface area contributed by atoms with E-state index in [1.54, 1.807) is 0 Å². The minimum absolute atomic E-state index is 0.0220. The number of oxazole rings is 1. The maximum atomic E-state index is 12.1. The molecule has 0 saturated carbocycles. The Morgan fingerprint density at radius 1 is 1.18 bits per heavy atom. The predicted octanol–water partition coefficient (Wildman–Crippen LogP) is 3.54. The molecule has 0 amide bonds. The lowest BCUT2D eigenvalue weighted by molar-refractivity contribution is -0.0328. The van der Waals surface area contributed by atoms with Crippen molar-refractivity contribution in [2.45, 2.75) is 10.4 Å². The molecule has 3 nitrogen and oxygen atoms in total. The molecule has 1 aromatic carbocycles. The summed E-state index contributed by atoms with van der Waals surface area (Å²) in [7, 11) is 0. The third-order valence-electron chi connectivity index (χ3n) is 1.90. The topological polar surface area (TPSA) is 52.0 Å². The summed E-state index contributed by atoms with van der Waals surface area (Å²) in [5.41, 5.74) is 1.64. The standard InChI is InChI=1S/C10H7F3N2OS/c11-10(12,13)17-7-3-1-6(2-4-7)8-5-15-9(14)16-8/h1-5H,(H2,14,15). The molecular formula is C10H7F3N2OS. The summed E-state index contributed by atoms with van der Waals surface area (Å²) >= 11 is -0.161. The van der Waals surface area contributed by atoms with Gasteiger partial charge >= 0.3 is 5.51 Å². The highest BCUT2D eigenvalue weighted by molar-refractivity contribution is 8.00. The minimum atomic E-state index is -4.28. The first-order chi connectivity index (χ1) is 7.94. The predicted molar refractivity (Wildman–Crippen MR) is 58.3 cm³/mol. The van der Waals surface area contributed by atoms with E-state index in [2.05, 4.69) is 4.98 Å². The van der Waals surface area contributed by atoms with Crippen LogP contribution >= 0.6 is 11.8 Å². The van der Waals surface area contributed by atoms with E-state index in [1.165, 1.54) is 30.5 Å². The van der Waals surface area contributed by atoms with E-state index in [9.17, 15) is 13.2 Å². The highest BCUT2D eigenvalue weighted by Gasteiger charge is 2.29. The summed E-state index contributed by atoms with van der Waals surface area (Å²) in [4.78, 5) is 3.82. The summed E-state index contributed by atoms with van der Waals surface area (Å²) < 4.78 is 41.3. The average molecular weight is 260 g/mol. The number of benzene rings is 1. The van der Waals surface area contributed by atoms with Crippen LogP contribution in [0.1, 0.15) is 0 Å². The molecule has 1 aromatic heterocycles. The van der Waals surface area contributed by atoms with Crippen LogP contribution in [0.3, 0.4) is 0 Å². The van der Waals surface area contributed by atoms with Gasteiger partial charge in [-0.25, -0.2) is 4.98 Å². The van der Waals surface area contributed by atoms with Crippen molar-refractivity contribution in [2.75, 3.05) is 5.73 Å². The Hall–Kier alpha value is -1.63. The number of nitrogens with zero attached hydrogens (tertiary/aromatic N) is 1. The zero-order valence-electron chi connectivity index (χ0n) is 8.36. The largest absolute Gasteiger partial charge is 0.446 e. The number of thioether (sulfide) groups is 1. The number of nitrogens with two attached hydrogens (primary N) is 1. The second kappa shape index (κ2) is 4.33. The van der Waals surface area contributed by atoms with Gasteiger partial charge in [0.2, 0.25) is 0 Å². The first-order valence-corrected chi connectivity index (χ1v) is 5.33. The number of anilines is 1. The monoisotopic (exact) mass is 260 g/mol. The Bertz CT molecular complexity index is 507. The van der Waals surface area contributed by atoms with Gasteiger partial charge in [0, 0.05) is 10.5 Å². The molecule has 0 aliphatic rings. The van der Waals surface area contributed by atoms with Gasteiger partial charge in [0.15, 0.2) is 5.76 Å². The molecule has 2 N–H and O–H groups in total. The number of hydrogen-bond donors (Lipinski definition) is 1. The molecule has 0 fully saturated rings. The number of hydrogen-bond acceptors (Lipinski definition) is 4. The average Bonchev–Trinajstić information content (AvgIpc) is 2.63. The molecule has 2 rings (SSSR count). The summed E-state index contributed by atoms with van der Waals surface area (Å²) in [5, 5.41) is 0. The van der Waals surface area contributed by atoms with Gasteiger partial charge in [-0.2, -0.15) is 13.2 Å². The Kier molecular flexibility index (Phi) is 3.01. The zero-order chi connectivity index (χ0) is 12.5. The van der Waals surface area contributed by atoms with Crippen LogP contribution in [0.5, 0.6) is 0 Å². The fourth-order valence-corrected chi connectivity index (χ4v) is 1.78. The van der Waals surface area contributed by atoms with E-state index in [0.29, 0.717) is 11.3 Å². The molecule has 1 heterocycles. The molecule has 0 aliphatic carbocycles. The third-order valence-corrected chi connectivity index (χ3v) is 2.64. The molecule has 17 heavy (non-hydrogen) atoms. The van der Waals surface area contributed by atoms with Gasteiger partial charge in [0.05, 0.1) is 6.20 Å². The summed E-state index contributed by atoms with van der Waals surface area (Å²) in [5.74, 6) is 0.422. The second-order valence-electron chi connectivity index (χ2n) is 3.13. The van der Waals surface area contributed by atoms with Crippen LogP contribution in [0.2, 0.25) is 0 Å². The van der Waals surface area contributed by atoms with Gasteiger partial charge in [-0.3, -0.25) is 0 Å². The van der Waals surface area contributed by atoms with Crippen LogP contribution in [0.4, 0.5) is 19.2 Å².